The van der Waals surface area contributed by atoms with Crippen molar-refractivity contribution in [2.24, 2.45) is 0 Å². The van der Waals surface area contributed by atoms with Gasteiger partial charge < -0.3 is 10.5 Å². The molecule has 0 amide bonds. The van der Waals surface area contributed by atoms with E-state index in [1.165, 1.54) is 11.7 Å². The third kappa shape index (κ3) is 3.71. The monoisotopic (exact) mass is 451 g/mol. The first-order chi connectivity index (χ1) is 15.8. The lowest BCUT2D eigenvalue weighted by atomic mass is 10.0. The first-order valence-electron chi connectivity index (χ1n) is 10.4. The van der Waals surface area contributed by atoms with Gasteiger partial charge in [-0.3, -0.25) is 14.3 Å². The molecule has 0 saturated heterocycles. The predicted molar refractivity (Wildman–Crippen MR) is 121 cm³/mol. The van der Waals surface area contributed by atoms with Crippen LogP contribution in [0.4, 0.5) is 18.9 Å². The maximum absolute atomic E-state index is 13.7. The summed E-state index contributed by atoms with van der Waals surface area (Å²) >= 11 is 0. The van der Waals surface area contributed by atoms with Gasteiger partial charge in [0.15, 0.2) is 0 Å². The molecular formula is C25H20F3N3O2. The third-order valence-corrected chi connectivity index (χ3v) is 5.96. The van der Waals surface area contributed by atoms with Gasteiger partial charge in [0.25, 0.3) is 5.56 Å². The van der Waals surface area contributed by atoms with Crippen LogP contribution in [0.15, 0.2) is 65.6 Å². The van der Waals surface area contributed by atoms with Crippen LogP contribution in [-0.4, -0.2) is 16.7 Å². The molecule has 0 bridgehead atoms. The summed E-state index contributed by atoms with van der Waals surface area (Å²) in [7, 11) is 1.53. The van der Waals surface area contributed by atoms with E-state index >= 15 is 0 Å². The van der Waals surface area contributed by atoms with Gasteiger partial charge in [-0.05, 0) is 60.2 Å². The molecule has 2 heterocycles. The van der Waals surface area contributed by atoms with E-state index in [1.54, 1.807) is 36.4 Å². The Balaban J connectivity index is 1.81. The molecular weight excluding hydrogens is 431 g/mol. The summed E-state index contributed by atoms with van der Waals surface area (Å²) in [4.78, 5) is 17.7. The molecule has 33 heavy (non-hydrogen) atoms. The van der Waals surface area contributed by atoms with Crippen molar-refractivity contribution < 1.29 is 17.9 Å². The number of anilines is 1. The molecule has 8 heteroatoms. The SMILES string of the molecule is COc1ccc(-c2c(N)c3ncc(C(F)(F)F)cc3n(-c3ccc(C4CC4)cc3)c2=O)cc1. The van der Waals surface area contributed by atoms with Crippen molar-refractivity contribution in [2.75, 3.05) is 12.8 Å². The Morgan fingerprint density at radius 3 is 2.30 bits per heavy atom. The van der Waals surface area contributed by atoms with Gasteiger partial charge in [0.05, 0.1) is 29.4 Å². The Morgan fingerprint density at radius 1 is 1.06 bits per heavy atom. The van der Waals surface area contributed by atoms with Crippen molar-refractivity contribution in [1.82, 2.24) is 9.55 Å². The first kappa shape index (κ1) is 21.1. The van der Waals surface area contributed by atoms with Crippen LogP contribution in [-0.2, 0) is 6.18 Å². The molecule has 2 N–H and O–H groups in total. The van der Waals surface area contributed by atoms with Gasteiger partial charge in [-0.15, -0.1) is 0 Å². The minimum Gasteiger partial charge on any atom is -0.497 e. The Hall–Kier alpha value is -3.81. The number of hydrogen-bond acceptors (Lipinski definition) is 4. The topological polar surface area (TPSA) is 70.1 Å². The molecule has 0 spiro atoms. The molecule has 0 aliphatic heterocycles. The summed E-state index contributed by atoms with van der Waals surface area (Å²) in [6.45, 7) is 0. The fourth-order valence-corrected chi connectivity index (χ4v) is 4.05. The minimum atomic E-state index is -4.61. The van der Waals surface area contributed by atoms with Gasteiger partial charge in [0.2, 0.25) is 0 Å². The quantitative estimate of drug-likeness (QED) is 0.442. The second-order valence-corrected chi connectivity index (χ2v) is 8.11. The Kier molecular flexibility index (Phi) is 4.88. The second kappa shape index (κ2) is 7.65. The molecule has 1 aliphatic rings. The molecule has 2 aromatic carbocycles. The zero-order valence-corrected chi connectivity index (χ0v) is 17.7. The molecule has 1 fully saturated rings. The number of methoxy groups -OCH3 is 1. The Bertz CT molecular complexity index is 1410. The number of nitrogen functional groups attached to an aromatic ring is 1. The van der Waals surface area contributed by atoms with E-state index in [0.717, 1.165) is 30.7 Å². The maximum Gasteiger partial charge on any atom is 0.417 e. The number of ether oxygens (including phenoxy) is 1. The predicted octanol–water partition coefficient (Wildman–Crippen LogP) is 5.54. The van der Waals surface area contributed by atoms with E-state index in [2.05, 4.69) is 4.98 Å². The number of nitrogens with two attached hydrogens (primary N) is 1. The molecule has 1 saturated carbocycles. The summed E-state index contributed by atoms with van der Waals surface area (Å²) in [6, 6.07) is 15.0. The van der Waals surface area contributed by atoms with Crippen LogP contribution in [0.1, 0.15) is 29.9 Å². The maximum atomic E-state index is 13.7. The number of halogens is 3. The number of fused-ring (bicyclic) bond motifs is 1. The van der Waals surface area contributed by atoms with Crippen LogP contribution in [0.3, 0.4) is 0 Å². The molecule has 4 aromatic rings. The fourth-order valence-electron chi connectivity index (χ4n) is 4.05. The normalized spacial score (nSPS) is 13.9. The van der Waals surface area contributed by atoms with Gasteiger partial charge in [-0.2, -0.15) is 13.2 Å². The summed E-state index contributed by atoms with van der Waals surface area (Å²) in [5.41, 5.74) is 7.28. The number of hydrogen-bond donors (Lipinski definition) is 1. The zero-order valence-electron chi connectivity index (χ0n) is 17.7. The number of benzene rings is 2. The summed E-state index contributed by atoms with van der Waals surface area (Å²) < 4.78 is 46.8. The van der Waals surface area contributed by atoms with Crippen molar-refractivity contribution in [2.45, 2.75) is 24.9 Å². The zero-order chi connectivity index (χ0) is 23.3. The van der Waals surface area contributed by atoms with Gasteiger partial charge in [-0.25, -0.2) is 0 Å². The molecule has 0 radical (unpaired) electrons. The van der Waals surface area contributed by atoms with Gasteiger partial charge >= 0.3 is 6.18 Å². The second-order valence-electron chi connectivity index (χ2n) is 8.11. The number of aromatic nitrogens is 2. The summed E-state index contributed by atoms with van der Waals surface area (Å²) in [6.07, 6.45) is -1.64. The lowest BCUT2D eigenvalue weighted by Gasteiger charge is -2.17. The smallest absolute Gasteiger partial charge is 0.417 e. The van der Waals surface area contributed by atoms with Crippen molar-refractivity contribution in [1.29, 1.82) is 0 Å². The molecule has 0 unspecified atom stereocenters. The van der Waals surface area contributed by atoms with Crippen LogP contribution >= 0.6 is 0 Å². The van der Waals surface area contributed by atoms with Crippen LogP contribution in [0.25, 0.3) is 27.8 Å². The van der Waals surface area contributed by atoms with Crippen LogP contribution in [0.5, 0.6) is 5.75 Å². The van der Waals surface area contributed by atoms with Gasteiger partial charge in [0, 0.05) is 11.9 Å². The number of rotatable bonds is 4. The third-order valence-electron chi connectivity index (χ3n) is 5.96. The van der Waals surface area contributed by atoms with E-state index in [1.807, 2.05) is 12.1 Å². The van der Waals surface area contributed by atoms with Crippen molar-refractivity contribution in [3.05, 3.63) is 82.3 Å². The van der Waals surface area contributed by atoms with Crippen molar-refractivity contribution in [3.63, 3.8) is 0 Å². The van der Waals surface area contributed by atoms with E-state index in [-0.39, 0.29) is 22.3 Å². The lowest BCUT2D eigenvalue weighted by Crippen LogP contribution is -2.23. The number of pyridine rings is 2. The van der Waals surface area contributed by atoms with Crippen LogP contribution < -0.4 is 16.0 Å². The average molecular weight is 451 g/mol. The lowest BCUT2D eigenvalue weighted by molar-refractivity contribution is -0.137. The molecule has 0 atom stereocenters. The summed E-state index contributed by atoms with van der Waals surface area (Å²) in [5.74, 6) is 1.11. The highest BCUT2D eigenvalue weighted by Crippen LogP contribution is 2.40. The highest BCUT2D eigenvalue weighted by Gasteiger charge is 2.32. The van der Waals surface area contributed by atoms with Crippen molar-refractivity contribution >= 4 is 16.7 Å². The van der Waals surface area contributed by atoms with E-state index < -0.39 is 17.3 Å². The first-order valence-corrected chi connectivity index (χ1v) is 10.4. The minimum absolute atomic E-state index is 0.00348. The van der Waals surface area contributed by atoms with Crippen LogP contribution in [0.2, 0.25) is 0 Å². The Morgan fingerprint density at radius 2 is 1.73 bits per heavy atom. The largest absolute Gasteiger partial charge is 0.497 e. The van der Waals surface area contributed by atoms with E-state index in [4.69, 9.17) is 10.5 Å². The highest BCUT2D eigenvalue weighted by molar-refractivity contribution is 5.96. The number of nitrogens with zero attached hydrogens (tertiary/aromatic N) is 2. The van der Waals surface area contributed by atoms with Gasteiger partial charge in [0.1, 0.15) is 11.3 Å². The summed E-state index contributed by atoms with van der Waals surface area (Å²) in [5, 5.41) is 0. The molecule has 5 nitrogen and oxygen atoms in total. The Labute approximate surface area is 187 Å². The van der Waals surface area contributed by atoms with E-state index in [0.29, 0.717) is 22.9 Å². The fraction of sp³-hybridized carbons (Fsp3) is 0.200. The number of alkyl halides is 3. The van der Waals surface area contributed by atoms with Crippen molar-refractivity contribution in [3.8, 4) is 22.6 Å². The van der Waals surface area contributed by atoms with Gasteiger partial charge in [-0.1, -0.05) is 24.3 Å². The highest BCUT2D eigenvalue weighted by atomic mass is 19.4. The van der Waals surface area contributed by atoms with E-state index in [9.17, 15) is 18.0 Å². The molecule has 2 aromatic heterocycles. The standard InChI is InChI=1S/C25H20F3N3O2/c1-33-19-10-6-16(7-11-19)21-22(29)23-20(12-17(13-30-23)25(26,27)28)31(24(21)32)18-8-4-15(5-9-18)14-2-3-14/h4-14H,2-3,29H2,1H3. The molecule has 5 rings (SSSR count). The average Bonchev–Trinajstić information content (AvgIpc) is 3.65. The molecule has 168 valence electrons. The molecule has 1 aliphatic carbocycles. The van der Waals surface area contributed by atoms with Crippen LogP contribution in [0, 0.1) is 0 Å².